The maximum Gasteiger partial charge on any atom is 0.298 e. The van der Waals surface area contributed by atoms with Gasteiger partial charge in [-0.05, 0) is 19.8 Å². The average Bonchev–Trinajstić information content (AvgIpc) is 1.80. The summed E-state index contributed by atoms with van der Waals surface area (Å²) in [4.78, 5) is 0. The van der Waals surface area contributed by atoms with Crippen molar-refractivity contribution in [2.45, 2.75) is 26.2 Å². The standard InChI is InChI=1S/C7H11NO/c1-7(2)5-3-4-6-8-9/h1,3-5H2,2H3. The minimum Gasteiger partial charge on any atom is -0.498 e. The van der Waals surface area contributed by atoms with E-state index in [4.69, 9.17) is 0 Å². The third-order valence-electron chi connectivity index (χ3n) is 0.957. The number of nitrogens with zero attached hydrogens (tertiary/aromatic N) is 1. The second-order valence-electron chi connectivity index (χ2n) is 2.06. The van der Waals surface area contributed by atoms with Crippen molar-refractivity contribution in [2.24, 2.45) is 0 Å². The zero-order valence-corrected chi connectivity index (χ0v) is 5.68. The summed E-state index contributed by atoms with van der Waals surface area (Å²) in [5.74, 6) is 0. The summed E-state index contributed by atoms with van der Waals surface area (Å²) >= 11 is 0. The second-order valence-corrected chi connectivity index (χ2v) is 2.06. The van der Waals surface area contributed by atoms with E-state index in [-0.39, 0.29) is 0 Å². The summed E-state index contributed by atoms with van der Waals surface area (Å²) in [7, 11) is 0. The number of rotatable bonds is 3. The highest BCUT2D eigenvalue weighted by Gasteiger charge is 1.88. The molecule has 0 bridgehead atoms. The molecule has 0 amide bonds. The number of hydrogen-bond donors (Lipinski definition) is 0. The molecule has 0 saturated heterocycles. The first-order valence-electron chi connectivity index (χ1n) is 2.97. The van der Waals surface area contributed by atoms with Crippen molar-refractivity contribution >= 4 is 0 Å². The fourth-order valence-corrected chi connectivity index (χ4v) is 0.515. The molecule has 0 aliphatic rings. The van der Waals surface area contributed by atoms with Crippen molar-refractivity contribution in [3.63, 3.8) is 0 Å². The lowest BCUT2D eigenvalue weighted by Gasteiger charge is -1.89. The highest BCUT2D eigenvalue weighted by molar-refractivity contribution is 4.91. The van der Waals surface area contributed by atoms with Crippen LogP contribution in [0.4, 0.5) is 0 Å². The summed E-state index contributed by atoms with van der Waals surface area (Å²) in [6.07, 6.45) is 2.54. The van der Waals surface area contributed by atoms with Gasteiger partial charge in [-0.15, -0.1) is 6.58 Å². The van der Waals surface area contributed by atoms with Gasteiger partial charge in [-0.3, -0.25) is 0 Å². The quantitative estimate of drug-likeness (QED) is 0.323. The first kappa shape index (κ1) is 8.03. The van der Waals surface area contributed by atoms with Gasteiger partial charge in [-0.2, -0.15) is 0 Å². The van der Waals surface area contributed by atoms with Crippen LogP contribution in [-0.2, 0) is 0 Å². The van der Waals surface area contributed by atoms with E-state index in [1.54, 1.807) is 0 Å². The van der Waals surface area contributed by atoms with Gasteiger partial charge in [0.1, 0.15) is 0 Å². The molecular weight excluding hydrogens is 114 g/mol. The lowest BCUT2D eigenvalue weighted by atomic mass is 10.1. The third kappa shape index (κ3) is 7.03. The molecule has 0 radical (unpaired) electrons. The molecule has 0 rings (SSSR count). The Hall–Kier alpha value is -0.970. The Kier molecular flexibility index (Phi) is 4.61. The molecule has 0 atom stereocenters. The van der Waals surface area contributed by atoms with Gasteiger partial charge in [0.15, 0.2) is 0 Å². The molecule has 0 fully saturated rings. The van der Waals surface area contributed by atoms with Crippen molar-refractivity contribution in [1.82, 2.24) is 0 Å². The van der Waals surface area contributed by atoms with Crippen LogP contribution in [0.15, 0.2) is 12.2 Å². The molecule has 0 spiro atoms. The Morgan fingerprint density at radius 3 is 2.89 bits per heavy atom. The molecule has 0 saturated carbocycles. The molecular formula is C7H11NO. The van der Waals surface area contributed by atoms with Crippen molar-refractivity contribution in [3.05, 3.63) is 22.4 Å². The minimum absolute atomic E-state index is 0.649. The zero-order chi connectivity index (χ0) is 7.11. The van der Waals surface area contributed by atoms with Crippen LogP contribution in [0.25, 0.3) is 5.01 Å². The minimum atomic E-state index is 0.649. The fourth-order valence-electron chi connectivity index (χ4n) is 0.515. The SMILES string of the molecule is C=C(C)CCCC#[N+][O-]. The molecule has 2 nitrogen and oxygen atoms in total. The highest BCUT2D eigenvalue weighted by Crippen LogP contribution is 2.02. The molecule has 2 heteroatoms. The zero-order valence-electron chi connectivity index (χ0n) is 5.68. The molecule has 0 aliphatic heterocycles. The number of unbranched alkanes of at least 4 members (excludes halogenated alkanes) is 1. The van der Waals surface area contributed by atoms with Crippen LogP contribution in [0.1, 0.15) is 26.2 Å². The normalized spacial score (nSPS) is 7.67. The Morgan fingerprint density at radius 2 is 2.44 bits per heavy atom. The predicted octanol–water partition coefficient (Wildman–Crippen LogP) is 2.56. The van der Waals surface area contributed by atoms with Gasteiger partial charge < -0.3 is 5.21 Å². The van der Waals surface area contributed by atoms with Crippen LogP contribution in [0.5, 0.6) is 0 Å². The second kappa shape index (κ2) is 5.17. The Morgan fingerprint density at radius 1 is 1.78 bits per heavy atom. The van der Waals surface area contributed by atoms with E-state index in [1.807, 2.05) is 6.92 Å². The van der Waals surface area contributed by atoms with E-state index in [1.165, 1.54) is 0 Å². The van der Waals surface area contributed by atoms with Crippen LogP contribution < -0.4 is 0 Å². The summed E-state index contributed by atoms with van der Waals surface area (Å²) in [5, 5.41) is 12.0. The van der Waals surface area contributed by atoms with Crippen LogP contribution in [0, 0.1) is 11.3 Å². The summed E-state index contributed by atoms with van der Waals surface area (Å²) < 4.78 is 0. The number of hydrogen-bond acceptors (Lipinski definition) is 1. The van der Waals surface area contributed by atoms with Crippen molar-refractivity contribution in [1.29, 1.82) is 0 Å². The maximum atomic E-state index is 9.47. The molecule has 0 unspecified atom stereocenters. The summed E-state index contributed by atoms with van der Waals surface area (Å²) in [6, 6.07) is 2.33. The first-order valence-corrected chi connectivity index (χ1v) is 2.97. The molecule has 0 heterocycles. The van der Waals surface area contributed by atoms with Crippen LogP contribution in [0.3, 0.4) is 0 Å². The van der Waals surface area contributed by atoms with Gasteiger partial charge in [0.2, 0.25) is 0 Å². The number of allylic oxidation sites excluding steroid dienone is 1. The predicted molar refractivity (Wildman–Crippen MR) is 39.3 cm³/mol. The third-order valence-corrected chi connectivity index (χ3v) is 0.957. The lowest BCUT2D eigenvalue weighted by molar-refractivity contribution is 0.848. The Balaban J connectivity index is 3.07. The smallest absolute Gasteiger partial charge is 0.298 e. The van der Waals surface area contributed by atoms with E-state index < -0.39 is 0 Å². The molecule has 0 aromatic rings. The topological polar surface area (TPSA) is 27.4 Å². The highest BCUT2D eigenvalue weighted by atomic mass is 16.4. The van der Waals surface area contributed by atoms with E-state index in [0.717, 1.165) is 18.4 Å². The largest absolute Gasteiger partial charge is 0.498 e. The lowest BCUT2D eigenvalue weighted by Crippen LogP contribution is -1.73. The van der Waals surface area contributed by atoms with Gasteiger partial charge in [0, 0.05) is 5.01 Å². The van der Waals surface area contributed by atoms with Gasteiger partial charge in [-0.25, -0.2) is 0 Å². The van der Waals surface area contributed by atoms with Crippen molar-refractivity contribution in [2.75, 3.05) is 0 Å². The average molecular weight is 125 g/mol. The van der Waals surface area contributed by atoms with Gasteiger partial charge in [-0.1, -0.05) is 5.57 Å². The fraction of sp³-hybridized carbons (Fsp3) is 0.571. The van der Waals surface area contributed by atoms with Crippen LogP contribution >= 0.6 is 0 Å². The molecule has 0 aromatic carbocycles. The first-order chi connectivity index (χ1) is 4.27. The molecule has 0 aromatic heterocycles. The maximum absolute atomic E-state index is 9.47. The van der Waals surface area contributed by atoms with E-state index >= 15 is 0 Å². The molecule has 0 aliphatic carbocycles. The van der Waals surface area contributed by atoms with Gasteiger partial charge in [0.25, 0.3) is 6.07 Å². The van der Waals surface area contributed by atoms with Gasteiger partial charge >= 0.3 is 0 Å². The molecule has 9 heavy (non-hydrogen) atoms. The Labute approximate surface area is 55.6 Å². The van der Waals surface area contributed by atoms with E-state index in [0.29, 0.717) is 6.42 Å². The molecule has 50 valence electrons. The van der Waals surface area contributed by atoms with Crippen LogP contribution in [-0.4, -0.2) is 0 Å². The monoisotopic (exact) mass is 125 g/mol. The van der Waals surface area contributed by atoms with Crippen LogP contribution in [0.2, 0.25) is 0 Å². The molecule has 0 N–H and O–H groups in total. The van der Waals surface area contributed by atoms with E-state index in [9.17, 15) is 5.21 Å². The van der Waals surface area contributed by atoms with Crippen molar-refractivity contribution < 1.29 is 0 Å². The van der Waals surface area contributed by atoms with Gasteiger partial charge in [0.05, 0.1) is 6.42 Å². The summed E-state index contributed by atoms with van der Waals surface area (Å²) in [6.45, 7) is 5.68. The van der Waals surface area contributed by atoms with Crippen molar-refractivity contribution in [3.8, 4) is 6.07 Å². The summed E-state index contributed by atoms with van der Waals surface area (Å²) in [5.41, 5.74) is 1.14. The van der Waals surface area contributed by atoms with E-state index in [2.05, 4.69) is 17.7 Å². The Bertz CT molecular complexity index is 141.